The summed E-state index contributed by atoms with van der Waals surface area (Å²) in [6, 6.07) is 10.1. The highest BCUT2D eigenvalue weighted by Crippen LogP contribution is 2.31. The number of hydrogen-bond acceptors (Lipinski definition) is 1. The molecule has 0 atom stereocenters. The van der Waals surface area contributed by atoms with Crippen LogP contribution >= 0.6 is 15.9 Å². The van der Waals surface area contributed by atoms with E-state index in [1.165, 1.54) is 0 Å². The molecule has 16 heavy (non-hydrogen) atoms. The molecule has 0 unspecified atom stereocenters. The second-order valence-corrected chi connectivity index (χ2v) is 4.45. The number of rotatable bonds is 1. The summed E-state index contributed by atoms with van der Waals surface area (Å²) in [6.45, 7) is 1.84. The van der Waals surface area contributed by atoms with Crippen molar-refractivity contribution >= 4 is 15.9 Å². The molecule has 0 aliphatic carbocycles. The largest absolute Gasteiger partial charge is 0.508 e. The number of benzene rings is 2. The summed E-state index contributed by atoms with van der Waals surface area (Å²) < 4.78 is 14.3. The van der Waals surface area contributed by atoms with E-state index >= 15 is 0 Å². The van der Waals surface area contributed by atoms with Crippen molar-refractivity contribution in [1.29, 1.82) is 0 Å². The van der Waals surface area contributed by atoms with Gasteiger partial charge in [-0.15, -0.1) is 0 Å². The Bertz CT molecular complexity index is 537. The lowest BCUT2D eigenvalue weighted by Crippen LogP contribution is -1.88. The maximum atomic E-state index is 13.9. The first-order valence-electron chi connectivity index (χ1n) is 4.83. The SMILES string of the molecule is Cc1cc(O)ccc1-c1cccc(Br)c1F. The second-order valence-electron chi connectivity index (χ2n) is 3.60. The van der Waals surface area contributed by atoms with Crippen LogP contribution in [0.15, 0.2) is 40.9 Å². The molecule has 1 N–H and O–H groups in total. The van der Waals surface area contributed by atoms with Gasteiger partial charge in [-0.25, -0.2) is 4.39 Å². The van der Waals surface area contributed by atoms with Crippen molar-refractivity contribution in [3.63, 3.8) is 0 Å². The number of hydrogen-bond donors (Lipinski definition) is 1. The Labute approximate surface area is 102 Å². The van der Waals surface area contributed by atoms with Crippen LogP contribution in [0.1, 0.15) is 5.56 Å². The highest BCUT2D eigenvalue weighted by atomic mass is 79.9. The van der Waals surface area contributed by atoms with E-state index in [0.29, 0.717) is 10.0 Å². The molecule has 0 saturated heterocycles. The van der Waals surface area contributed by atoms with Crippen LogP contribution in [0.3, 0.4) is 0 Å². The van der Waals surface area contributed by atoms with Gasteiger partial charge in [-0.3, -0.25) is 0 Å². The van der Waals surface area contributed by atoms with Crippen LogP contribution in [0.2, 0.25) is 0 Å². The predicted octanol–water partition coefficient (Wildman–Crippen LogP) is 4.27. The molecule has 0 heterocycles. The Morgan fingerprint density at radius 2 is 1.88 bits per heavy atom. The fraction of sp³-hybridized carbons (Fsp3) is 0.0769. The van der Waals surface area contributed by atoms with Gasteiger partial charge in [-0.05, 0) is 52.2 Å². The molecule has 0 saturated carbocycles. The van der Waals surface area contributed by atoms with Gasteiger partial charge in [0.1, 0.15) is 11.6 Å². The van der Waals surface area contributed by atoms with E-state index in [-0.39, 0.29) is 11.6 Å². The van der Waals surface area contributed by atoms with E-state index < -0.39 is 0 Å². The molecule has 2 aromatic rings. The summed E-state index contributed by atoms with van der Waals surface area (Å²) in [5.41, 5.74) is 2.17. The van der Waals surface area contributed by atoms with Gasteiger partial charge in [0.25, 0.3) is 0 Å². The lowest BCUT2D eigenvalue weighted by atomic mass is 10.00. The highest BCUT2D eigenvalue weighted by Gasteiger charge is 2.10. The first kappa shape index (κ1) is 11.1. The fourth-order valence-electron chi connectivity index (χ4n) is 1.66. The summed E-state index contributed by atoms with van der Waals surface area (Å²) in [6.07, 6.45) is 0. The average Bonchev–Trinajstić information content (AvgIpc) is 2.23. The van der Waals surface area contributed by atoms with E-state index in [9.17, 15) is 9.50 Å². The third kappa shape index (κ3) is 1.95. The first-order chi connectivity index (χ1) is 7.59. The average molecular weight is 281 g/mol. The van der Waals surface area contributed by atoms with Crippen molar-refractivity contribution in [1.82, 2.24) is 0 Å². The number of phenols is 1. The Morgan fingerprint density at radius 3 is 2.56 bits per heavy atom. The molecule has 0 fully saturated rings. The van der Waals surface area contributed by atoms with Crippen molar-refractivity contribution < 1.29 is 9.50 Å². The molecule has 2 aromatic carbocycles. The second kappa shape index (κ2) is 4.26. The van der Waals surface area contributed by atoms with Crippen LogP contribution in [0, 0.1) is 12.7 Å². The zero-order valence-electron chi connectivity index (χ0n) is 8.67. The molecule has 2 rings (SSSR count). The normalized spacial score (nSPS) is 10.4. The van der Waals surface area contributed by atoms with Crippen LogP contribution in [-0.4, -0.2) is 5.11 Å². The molecule has 1 nitrogen and oxygen atoms in total. The zero-order chi connectivity index (χ0) is 11.7. The molecule has 0 aliphatic heterocycles. The molecule has 0 aliphatic rings. The number of aromatic hydroxyl groups is 1. The Morgan fingerprint density at radius 1 is 1.12 bits per heavy atom. The minimum Gasteiger partial charge on any atom is -0.508 e. The Balaban J connectivity index is 2.63. The minimum atomic E-state index is -0.281. The monoisotopic (exact) mass is 280 g/mol. The van der Waals surface area contributed by atoms with Gasteiger partial charge in [0.05, 0.1) is 4.47 Å². The molecule has 0 amide bonds. The molecule has 0 spiro atoms. The first-order valence-corrected chi connectivity index (χ1v) is 5.63. The highest BCUT2D eigenvalue weighted by molar-refractivity contribution is 9.10. The lowest BCUT2D eigenvalue weighted by Gasteiger charge is -2.08. The van der Waals surface area contributed by atoms with E-state index in [1.54, 1.807) is 36.4 Å². The quantitative estimate of drug-likeness (QED) is 0.827. The van der Waals surface area contributed by atoms with Crippen molar-refractivity contribution in [2.75, 3.05) is 0 Å². The smallest absolute Gasteiger partial charge is 0.145 e. The van der Waals surface area contributed by atoms with Crippen LogP contribution in [0.25, 0.3) is 11.1 Å². The molecule has 0 aromatic heterocycles. The molecule has 0 bridgehead atoms. The lowest BCUT2D eigenvalue weighted by molar-refractivity contribution is 0.475. The van der Waals surface area contributed by atoms with E-state index in [4.69, 9.17) is 0 Å². The third-order valence-electron chi connectivity index (χ3n) is 2.45. The third-order valence-corrected chi connectivity index (χ3v) is 3.06. The molecular weight excluding hydrogens is 271 g/mol. The Hall–Kier alpha value is -1.35. The fourth-order valence-corrected chi connectivity index (χ4v) is 2.03. The van der Waals surface area contributed by atoms with Gasteiger partial charge in [0.15, 0.2) is 0 Å². The summed E-state index contributed by atoms with van der Waals surface area (Å²) >= 11 is 3.16. The minimum absolute atomic E-state index is 0.191. The van der Waals surface area contributed by atoms with Crippen molar-refractivity contribution in [3.05, 3.63) is 52.3 Å². The summed E-state index contributed by atoms with van der Waals surface area (Å²) in [5, 5.41) is 9.31. The zero-order valence-corrected chi connectivity index (χ0v) is 10.3. The van der Waals surface area contributed by atoms with Gasteiger partial charge >= 0.3 is 0 Å². The van der Waals surface area contributed by atoms with Crippen LogP contribution in [0.4, 0.5) is 4.39 Å². The van der Waals surface area contributed by atoms with E-state index in [2.05, 4.69) is 15.9 Å². The van der Waals surface area contributed by atoms with Crippen molar-refractivity contribution in [2.45, 2.75) is 6.92 Å². The van der Waals surface area contributed by atoms with Gasteiger partial charge in [0.2, 0.25) is 0 Å². The van der Waals surface area contributed by atoms with Crippen molar-refractivity contribution in [2.24, 2.45) is 0 Å². The van der Waals surface area contributed by atoms with E-state index in [0.717, 1.165) is 11.1 Å². The molecule has 3 heteroatoms. The Kier molecular flexibility index (Phi) is 2.97. The number of phenolic OH excluding ortho intramolecular Hbond substituents is 1. The van der Waals surface area contributed by atoms with Gasteiger partial charge in [0, 0.05) is 5.56 Å². The van der Waals surface area contributed by atoms with Crippen LogP contribution in [0.5, 0.6) is 5.75 Å². The van der Waals surface area contributed by atoms with Gasteiger partial charge in [-0.2, -0.15) is 0 Å². The maximum absolute atomic E-state index is 13.9. The molecule has 0 radical (unpaired) electrons. The predicted molar refractivity (Wildman–Crippen MR) is 65.9 cm³/mol. The number of halogens is 2. The standard InChI is InChI=1S/C13H10BrFO/c1-8-7-9(16)5-6-10(8)11-3-2-4-12(14)13(11)15/h2-7,16H,1H3. The summed E-state index contributed by atoms with van der Waals surface area (Å²) in [4.78, 5) is 0. The number of aryl methyl sites for hydroxylation is 1. The van der Waals surface area contributed by atoms with Crippen molar-refractivity contribution in [3.8, 4) is 16.9 Å². The molecule has 82 valence electrons. The molecular formula is C13H10BrFO. The van der Waals surface area contributed by atoms with Crippen LogP contribution < -0.4 is 0 Å². The summed E-state index contributed by atoms with van der Waals surface area (Å²) in [5.74, 6) is -0.0899. The van der Waals surface area contributed by atoms with Crippen LogP contribution in [-0.2, 0) is 0 Å². The maximum Gasteiger partial charge on any atom is 0.145 e. The summed E-state index contributed by atoms with van der Waals surface area (Å²) in [7, 11) is 0. The topological polar surface area (TPSA) is 20.2 Å². The van der Waals surface area contributed by atoms with E-state index in [1.807, 2.05) is 6.92 Å². The van der Waals surface area contributed by atoms with Gasteiger partial charge < -0.3 is 5.11 Å². The van der Waals surface area contributed by atoms with Gasteiger partial charge in [-0.1, -0.05) is 18.2 Å².